The average molecular weight is 316 g/mol. The summed E-state index contributed by atoms with van der Waals surface area (Å²) >= 11 is 0. The van der Waals surface area contributed by atoms with Crippen molar-refractivity contribution < 1.29 is 14.6 Å². The van der Waals surface area contributed by atoms with Crippen molar-refractivity contribution in [2.45, 2.75) is 52.4 Å². The topological polar surface area (TPSA) is 38.7 Å². The summed E-state index contributed by atoms with van der Waals surface area (Å²) in [6, 6.07) is 8.07. The molecule has 0 radical (unpaired) electrons. The number of allylic oxidation sites excluding steroid dienone is 1. The molecule has 1 heterocycles. The zero-order valence-corrected chi connectivity index (χ0v) is 14.8. The van der Waals surface area contributed by atoms with Gasteiger partial charge < -0.3 is 14.6 Å². The lowest BCUT2D eigenvalue weighted by Crippen LogP contribution is -2.38. The van der Waals surface area contributed by atoms with Gasteiger partial charge in [-0.3, -0.25) is 0 Å². The molecule has 3 nitrogen and oxygen atoms in total. The van der Waals surface area contributed by atoms with Crippen molar-refractivity contribution in [1.82, 2.24) is 0 Å². The second-order valence-corrected chi connectivity index (χ2v) is 7.00. The molecule has 0 spiro atoms. The Bertz CT molecular complexity index is 628. The number of aliphatic hydroxyl groups is 1. The van der Waals surface area contributed by atoms with Gasteiger partial charge in [0.25, 0.3) is 0 Å². The predicted octanol–water partition coefficient (Wildman–Crippen LogP) is 4.11. The maximum Gasteiger partial charge on any atom is 0.195 e. The van der Waals surface area contributed by atoms with Gasteiger partial charge in [0.1, 0.15) is 5.60 Å². The number of hydrogen-bond acceptors (Lipinski definition) is 3. The summed E-state index contributed by atoms with van der Waals surface area (Å²) in [4.78, 5) is 0. The third-order valence-corrected chi connectivity index (χ3v) is 6.22. The van der Waals surface area contributed by atoms with Crippen LogP contribution in [0, 0.1) is 11.8 Å². The largest absolute Gasteiger partial charge is 0.380 e. The summed E-state index contributed by atoms with van der Waals surface area (Å²) in [5.74, 6) is -0.249. The van der Waals surface area contributed by atoms with E-state index in [1.54, 1.807) is 0 Å². The van der Waals surface area contributed by atoms with Crippen molar-refractivity contribution in [3.05, 3.63) is 46.5 Å². The van der Waals surface area contributed by atoms with Gasteiger partial charge >= 0.3 is 0 Å². The van der Waals surface area contributed by atoms with Gasteiger partial charge in [-0.15, -0.1) is 0 Å². The van der Waals surface area contributed by atoms with E-state index in [-0.39, 0.29) is 5.92 Å². The number of benzene rings is 1. The maximum atomic E-state index is 11.7. The van der Waals surface area contributed by atoms with Crippen LogP contribution in [0.2, 0.25) is 0 Å². The average Bonchev–Trinajstić information content (AvgIpc) is 3.12. The van der Waals surface area contributed by atoms with Crippen LogP contribution in [0.3, 0.4) is 0 Å². The van der Waals surface area contributed by atoms with E-state index < -0.39 is 11.4 Å². The first-order chi connectivity index (χ1) is 10.9. The molecule has 0 amide bonds. The molecule has 3 unspecified atom stereocenters. The van der Waals surface area contributed by atoms with E-state index in [4.69, 9.17) is 9.47 Å². The Morgan fingerprint density at radius 1 is 1.09 bits per heavy atom. The highest BCUT2D eigenvalue weighted by molar-refractivity contribution is 5.46. The van der Waals surface area contributed by atoms with E-state index in [0.29, 0.717) is 19.1 Å². The SMILES string of the molecule is CCC1(c2ccccc2C2(O)C(C)=C(C)C(C)C2C)OCCO1. The molecule has 3 rings (SSSR count). The Balaban J connectivity index is 2.19. The standard InChI is InChI=1S/C20H28O3/c1-6-19(22-11-12-23-19)17-9-7-8-10-18(17)20(21)15(4)13(2)14(3)16(20)5/h7-10,13,15,21H,6,11-12H2,1-5H3. The third-order valence-electron chi connectivity index (χ3n) is 6.22. The van der Waals surface area contributed by atoms with Crippen molar-refractivity contribution in [2.24, 2.45) is 11.8 Å². The fourth-order valence-electron chi connectivity index (χ4n) is 4.32. The van der Waals surface area contributed by atoms with Gasteiger partial charge in [0.2, 0.25) is 0 Å². The lowest BCUT2D eigenvalue weighted by atomic mass is 9.75. The molecule has 23 heavy (non-hydrogen) atoms. The van der Waals surface area contributed by atoms with Crippen molar-refractivity contribution in [3.63, 3.8) is 0 Å². The fraction of sp³-hybridized carbons (Fsp3) is 0.600. The fourth-order valence-corrected chi connectivity index (χ4v) is 4.32. The molecular formula is C20H28O3. The van der Waals surface area contributed by atoms with Gasteiger partial charge in [-0.1, -0.05) is 50.6 Å². The summed E-state index contributed by atoms with van der Waals surface area (Å²) in [5, 5.41) is 11.7. The lowest BCUT2D eigenvalue weighted by molar-refractivity contribution is -0.169. The highest BCUT2D eigenvalue weighted by Crippen LogP contribution is 2.53. The molecular weight excluding hydrogens is 288 g/mol. The van der Waals surface area contributed by atoms with E-state index in [0.717, 1.165) is 23.1 Å². The van der Waals surface area contributed by atoms with Crippen LogP contribution in [0.25, 0.3) is 0 Å². The number of rotatable bonds is 3. The van der Waals surface area contributed by atoms with Crippen molar-refractivity contribution >= 4 is 0 Å². The van der Waals surface area contributed by atoms with E-state index in [2.05, 4.69) is 34.6 Å². The molecule has 1 aliphatic heterocycles. The maximum absolute atomic E-state index is 11.7. The van der Waals surface area contributed by atoms with Gasteiger partial charge in [-0.05, 0) is 36.8 Å². The number of ether oxygens (including phenoxy) is 2. The Labute approximate surface area is 139 Å². The predicted molar refractivity (Wildman–Crippen MR) is 90.9 cm³/mol. The van der Waals surface area contributed by atoms with E-state index in [1.807, 2.05) is 24.3 Å². The Morgan fingerprint density at radius 2 is 1.65 bits per heavy atom. The van der Waals surface area contributed by atoms with E-state index in [9.17, 15) is 5.11 Å². The summed E-state index contributed by atoms with van der Waals surface area (Å²) in [5.41, 5.74) is 3.29. The molecule has 1 aromatic carbocycles. The molecule has 126 valence electrons. The quantitative estimate of drug-likeness (QED) is 0.853. The minimum atomic E-state index is -0.961. The molecule has 0 aromatic heterocycles. The van der Waals surface area contributed by atoms with Crippen LogP contribution >= 0.6 is 0 Å². The molecule has 1 N–H and O–H groups in total. The monoisotopic (exact) mass is 316 g/mol. The molecule has 0 saturated carbocycles. The molecule has 1 aromatic rings. The van der Waals surface area contributed by atoms with E-state index in [1.165, 1.54) is 5.57 Å². The van der Waals surface area contributed by atoms with Crippen LogP contribution in [0.4, 0.5) is 0 Å². The summed E-state index contributed by atoms with van der Waals surface area (Å²) in [6.07, 6.45) is 0.728. The van der Waals surface area contributed by atoms with Crippen LogP contribution in [-0.2, 0) is 20.9 Å². The van der Waals surface area contributed by atoms with Crippen molar-refractivity contribution in [3.8, 4) is 0 Å². The van der Waals surface area contributed by atoms with Crippen LogP contribution in [0.1, 0.15) is 52.2 Å². The summed E-state index contributed by atoms with van der Waals surface area (Å²) < 4.78 is 12.0. The first-order valence-corrected chi connectivity index (χ1v) is 8.66. The second kappa shape index (κ2) is 5.73. The number of hydrogen-bond donors (Lipinski definition) is 1. The smallest absolute Gasteiger partial charge is 0.195 e. The van der Waals surface area contributed by atoms with E-state index >= 15 is 0 Å². The summed E-state index contributed by atoms with van der Waals surface area (Å²) in [6.45, 7) is 11.8. The molecule has 3 heteroatoms. The third kappa shape index (κ3) is 2.21. The van der Waals surface area contributed by atoms with Gasteiger partial charge in [0, 0.05) is 12.0 Å². The lowest BCUT2D eigenvalue weighted by Gasteiger charge is -2.37. The molecule has 1 aliphatic carbocycles. The van der Waals surface area contributed by atoms with Crippen LogP contribution in [0.5, 0.6) is 0 Å². The highest BCUT2D eigenvalue weighted by Gasteiger charge is 2.50. The minimum absolute atomic E-state index is 0.124. The second-order valence-electron chi connectivity index (χ2n) is 7.00. The Kier molecular flexibility index (Phi) is 4.16. The molecule has 2 aliphatic rings. The van der Waals surface area contributed by atoms with Crippen LogP contribution in [0.15, 0.2) is 35.4 Å². The van der Waals surface area contributed by atoms with Gasteiger partial charge in [-0.2, -0.15) is 0 Å². The minimum Gasteiger partial charge on any atom is -0.380 e. The first-order valence-electron chi connectivity index (χ1n) is 8.66. The van der Waals surface area contributed by atoms with Crippen LogP contribution < -0.4 is 0 Å². The Hall–Kier alpha value is -1.16. The summed E-state index contributed by atoms with van der Waals surface area (Å²) in [7, 11) is 0. The first kappa shape index (κ1) is 16.7. The zero-order valence-electron chi connectivity index (χ0n) is 14.8. The van der Waals surface area contributed by atoms with Crippen molar-refractivity contribution in [1.29, 1.82) is 0 Å². The van der Waals surface area contributed by atoms with Gasteiger partial charge in [-0.25, -0.2) is 0 Å². The Morgan fingerprint density at radius 3 is 2.13 bits per heavy atom. The van der Waals surface area contributed by atoms with Crippen LogP contribution in [-0.4, -0.2) is 18.3 Å². The molecule has 0 bridgehead atoms. The van der Waals surface area contributed by atoms with Gasteiger partial charge in [0.05, 0.1) is 13.2 Å². The molecule has 3 atom stereocenters. The highest BCUT2D eigenvalue weighted by atomic mass is 16.7. The molecule has 1 fully saturated rings. The molecule has 1 saturated heterocycles. The van der Waals surface area contributed by atoms with Gasteiger partial charge in [0.15, 0.2) is 5.79 Å². The van der Waals surface area contributed by atoms with Crippen molar-refractivity contribution in [2.75, 3.05) is 13.2 Å². The zero-order chi connectivity index (χ0) is 16.8. The normalized spacial score (nSPS) is 33.5.